The molecule has 0 aromatic heterocycles. The largest absolute Gasteiger partial charge is 0.494 e. The molecule has 0 bridgehead atoms. The van der Waals surface area contributed by atoms with Gasteiger partial charge in [0.1, 0.15) is 18.1 Å². The molecule has 2 aromatic rings. The van der Waals surface area contributed by atoms with Crippen molar-refractivity contribution in [3.05, 3.63) is 53.1 Å². The van der Waals surface area contributed by atoms with Crippen molar-refractivity contribution in [3.63, 3.8) is 0 Å². The topological polar surface area (TPSA) is 44.8 Å². The zero-order valence-corrected chi connectivity index (χ0v) is 16.9. The number of benzene rings is 2. The molecule has 140 valence electrons. The molecule has 4 nitrogen and oxygen atoms in total. The summed E-state index contributed by atoms with van der Waals surface area (Å²) in [7, 11) is 0.0117. The number of para-hydroxylation sites is 1. The lowest BCUT2D eigenvalue weighted by Crippen LogP contribution is -2.12. The van der Waals surface area contributed by atoms with Crippen LogP contribution in [0.4, 0.5) is 0 Å². The van der Waals surface area contributed by atoms with Gasteiger partial charge in [-0.25, -0.2) is 0 Å². The van der Waals surface area contributed by atoms with Gasteiger partial charge in [0.25, 0.3) is 0 Å². The average Bonchev–Trinajstić information content (AvgIpc) is 2.59. The third kappa shape index (κ3) is 5.55. The molecule has 0 heterocycles. The van der Waals surface area contributed by atoms with E-state index in [0.717, 1.165) is 33.5 Å². The van der Waals surface area contributed by atoms with E-state index in [2.05, 4.69) is 0 Å². The van der Waals surface area contributed by atoms with E-state index < -0.39 is 0 Å². The van der Waals surface area contributed by atoms with Gasteiger partial charge in [0.15, 0.2) is 5.52 Å². The van der Waals surface area contributed by atoms with Crippen molar-refractivity contribution in [1.29, 1.82) is 0 Å². The first kappa shape index (κ1) is 20.4. The zero-order valence-electron chi connectivity index (χ0n) is 15.9. The molecule has 0 amide bonds. The molecule has 2 rings (SSSR count). The van der Waals surface area contributed by atoms with Crippen LogP contribution in [0.3, 0.4) is 0 Å². The maximum Gasteiger partial charge on any atom is 0.186 e. The summed E-state index contributed by atoms with van der Waals surface area (Å²) < 4.78 is 16.7. The standard InChI is InChI=1S/C21H27O4P/c1-5-23-11-12-25-18-9-7-8-10-19(18)26-21(22)20-15(3)13-17(24-6-2)14-16(20)4/h7-10,13-14,26H,5-6,11-12H2,1-4H3. The van der Waals surface area contributed by atoms with E-state index in [0.29, 0.717) is 26.4 Å². The van der Waals surface area contributed by atoms with Gasteiger partial charge in [-0.2, -0.15) is 0 Å². The van der Waals surface area contributed by atoms with Crippen LogP contribution >= 0.6 is 8.58 Å². The lowest BCUT2D eigenvalue weighted by Gasteiger charge is -2.14. The third-order valence-corrected chi connectivity index (χ3v) is 5.03. The first-order valence-corrected chi connectivity index (χ1v) is 9.91. The summed E-state index contributed by atoms with van der Waals surface area (Å²) in [6.45, 7) is 10.1. The van der Waals surface area contributed by atoms with Crippen LogP contribution < -0.4 is 14.8 Å². The minimum Gasteiger partial charge on any atom is -0.494 e. The van der Waals surface area contributed by atoms with Crippen molar-refractivity contribution in [2.24, 2.45) is 0 Å². The molecule has 0 aliphatic heterocycles. The molecule has 2 aromatic carbocycles. The maximum atomic E-state index is 12.9. The first-order chi connectivity index (χ1) is 12.6. The zero-order chi connectivity index (χ0) is 18.9. The molecule has 1 unspecified atom stereocenters. The van der Waals surface area contributed by atoms with Crippen LogP contribution in [0.5, 0.6) is 11.5 Å². The molecule has 0 spiro atoms. The average molecular weight is 374 g/mol. The Hall–Kier alpha value is -1.90. The lowest BCUT2D eigenvalue weighted by atomic mass is 10.0. The summed E-state index contributed by atoms with van der Waals surface area (Å²) >= 11 is 0. The summed E-state index contributed by atoms with van der Waals surface area (Å²) in [5, 5.41) is 0.918. The molecule has 5 heteroatoms. The first-order valence-electron chi connectivity index (χ1n) is 8.91. The number of ether oxygens (including phenoxy) is 3. The maximum absolute atomic E-state index is 12.9. The van der Waals surface area contributed by atoms with Crippen LogP contribution in [-0.4, -0.2) is 32.0 Å². The van der Waals surface area contributed by atoms with Crippen LogP contribution in [0.2, 0.25) is 0 Å². The Balaban J connectivity index is 2.15. The van der Waals surface area contributed by atoms with Crippen LogP contribution in [-0.2, 0) is 4.74 Å². The number of aryl methyl sites for hydroxylation is 2. The van der Waals surface area contributed by atoms with Crippen LogP contribution in [0.1, 0.15) is 35.3 Å². The molecular weight excluding hydrogens is 347 g/mol. The van der Waals surface area contributed by atoms with E-state index in [1.165, 1.54) is 0 Å². The predicted octanol–water partition coefficient (Wildman–Crippen LogP) is 4.26. The van der Waals surface area contributed by atoms with Gasteiger partial charge in [0, 0.05) is 17.5 Å². The number of hydrogen-bond donors (Lipinski definition) is 0. The lowest BCUT2D eigenvalue weighted by molar-refractivity contribution is 0.108. The van der Waals surface area contributed by atoms with Crippen molar-refractivity contribution in [1.82, 2.24) is 0 Å². The van der Waals surface area contributed by atoms with Gasteiger partial charge in [-0.3, -0.25) is 4.79 Å². The highest BCUT2D eigenvalue weighted by molar-refractivity contribution is 7.66. The van der Waals surface area contributed by atoms with Gasteiger partial charge in [0.2, 0.25) is 0 Å². The fourth-order valence-electron chi connectivity index (χ4n) is 2.77. The molecule has 26 heavy (non-hydrogen) atoms. The fourth-order valence-corrected chi connectivity index (χ4v) is 3.99. The number of carbonyl (C=O) groups excluding carboxylic acids is 1. The molecule has 0 fully saturated rings. The van der Waals surface area contributed by atoms with E-state index in [-0.39, 0.29) is 14.1 Å². The van der Waals surface area contributed by atoms with Gasteiger partial charge in [0.05, 0.1) is 13.2 Å². The summed E-state index contributed by atoms with van der Waals surface area (Å²) in [6, 6.07) is 11.6. The fraction of sp³-hybridized carbons (Fsp3) is 0.381. The summed E-state index contributed by atoms with van der Waals surface area (Å²) in [4.78, 5) is 12.9. The molecular formula is C21H27O4P. The number of rotatable bonds is 10. The van der Waals surface area contributed by atoms with Crippen LogP contribution in [0, 0.1) is 13.8 Å². The second-order valence-corrected chi connectivity index (χ2v) is 7.10. The predicted molar refractivity (Wildman–Crippen MR) is 108 cm³/mol. The highest BCUT2D eigenvalue weighted by atomic mass is 31.1. The summed E-state index contributed by atoms with van der Waals surface area (Å²) in [5.41, 5.74) is 2.78. The molecule has 0 N–H and O–H groups in total. The van der Waals surface area contributed by atoms with Crippen molar-refractivity contribution < 1.29 is 19.0 Å². The van der Waals surface area contributed by atoms with Crippen molar-refractivity contribution in [2.45, 2.75) is 27.7 Å². The highest BCUT2D eigenvalue weighted by Gasteiger charge is 2.16. The smallest absolute Gasteiger partial charge is 0.186 e. The van der Waals surface area contributed by atoms with Crippen molar-refractivity contribution >= 4 is 19.4 Å². The second kappa shape index (κ2) is 10.3. The van der Waals surface area contributed by atoms with Gasteiger partial charge in [-0.15, -0.1) is 0 Å². The Morgan fingerprint density at radius 1 is 0.962 bits per heavy atom. The minimum atomic E-state index is 0.0117. The molecule has 0 aliphatic carbocycles. The Kier molecular flexibility index (Phi) is 8.08. The Bertz CT molecular complexity index is 720. The van der Waals surface area contributed by atoms with Crippen LogP contribution in [0.25, 0.3) is 0 Å². The van der Waals surface area contributed by atoms with E-state index >= 15 is 0 Å². The van der Waals surface area contributed by atoms with Crippen LogP contribution in [0.15, 0.2) is 36.4 Å². The molecule has 0 saturated heterocycles. The third-order valence-electron chi connectivity index (χ3n) is 3.87. The highest BCUT2D eigenvalue weighted by Crippen LogP contribution is 2.30. The summed E-state index contributed by atoms with van der Waals surface area (Å²) in [5.74, 6) is 1.56. The Labute approximate surface area is 157 Å². The van der Waals surface area contributed by atoms with Crippen molar-refractivity contribution in [3.8, 4) is 11.5 Å². The number of carbonyl (C=O) groups is 1. The van der Waals surface area contributed by atoms with E-state index in [9.17, 15) is 4.79 Å². The van der Waals surface area contributed by atoms with Gasteiger partial charge >= 0.3 is 0 Å². The van der Waals surface area contributed by atoms with E-state index in [1.807, 2.05) is 64.1 Å². The molecule has 1 atom stereocenters. The number of hydrogen-bond acceptors (Lipinski definition) is 4. The minimum absolute atomic E-state index is 0.0117. The quantitative estimate of drug-likeness (QED) is 0.460. The van der Waals surface area contributed by atoms with E-state index in [4.69, 9.17) is 14.2 Å². The van der Waals surface area contributed by atoms with Gasteiger partial charge in [-0.1, -0.05) is 18.2 Å². The van der Waals surface area contributed by atoms with Gasteiger partial charge in [-0.05, 0) is 65.6 Å². The monoisotopic (exact) mass is 374 g/mol. The van der Waals surface area contributed by atoms with Gasteiger partial charge < -0.3 is 14.2 Å². The normalized spacial score (nSPS) is 11.1. The molecule has 0 radical (unpaired) electrons. The molecule has 0 saturated carbocycles. The van der Waals surface area contributed by atoms with Crippen molar-refractivity contribution in [2.75, 3.05) is 26.4 Å². The second-order valence-electron chi connectivity index (χ2n) is 5.86. The Morgan fingerprint density at radius 3 is 2.31 bits per heavy atom. The molecule has 0 aliphatic rings. The Morgan fingerprint density at radius 2 is 1.65 bits per heavy atom. The SMILES string of the molecule is CCOCCOc1ccccc1PC(=O)c1c(C)cc(OCC)cc1C. The van der Waals surface area contributed by atoms with E-state index in [1.54, 1.807) is 0 Å². The summed E-state index contributed by atoms with van der Waals surface area (Å²) in [6.07, 6.45) is 0.